The van der Waals surface area contributed by atoms with Crippen LogP contribution in [0.3, 0.4) is 0 Å². The Morgan fingerprint density at radius 3 is 3.00 bits per heavy atom. The second kappa shape index (κ2) is 4.39. The van der Waals surface area contributed by atoms with Gasteiger partial charge in [0.25, 0.3) is 5.91 Å². The van der Waals surface area contributed by atoms with Gasteiger partial charge in [0.15, 0.2) is 11.9 Å². The second-order valence-corrected chi connectivity index (χ2v) is 3.73. The van der Waals surface area contributed by atoms with Gasteiger partial charge in [-0.05, 0) is 19.4 Å². The number of ether oxygens (including phenoxy) is 1. The van der Waals surface area contributed by atoms with Gasteiger partial charge in [0, 0.05) is 5.56 Å². The summed E-state index contributed by atoms with van der Waals surface area (Å²) in [7, 11) is 0. The Bertz CT molecular complexity index is 438. The van der Waals surface area contributed by atoms with E-state index in [1.807, 2.05) is 44.2 Å². The standard InChI is InChI=1S/C13H15NO2/c1-3-6-9-7-5-8-10-12(9)16-11(4-2)13(15)14-10/h3,5-8,11H,4H2,1-2H3,(H,14,15)/b6-3+. The predicted molar refractivity (Wildman–Crippen MR) is 64.5 cm³/mol. The van der Waals surface area contributed by atoms with Crippen LogP contribution in [0.4, 0.5) is 5.69 Å². The first-order chi connectivity index (χ1) is 7.76. The highest BCUT2D eigenvalue weighted by atomic mass is 16.5. The van der Waals surface area contributed by atoms with Crippen LogP contribution in [-0.4, -0.2) is 12.0 Å². The van der Waals surface area contributed by atoms with E-state index in [1.165, 1.54) is 0 Å². The summed E-state index contributed by atoms with van der Waals surface area (Å²) in [6, 6.07) is 5.74. The van der Waals surface area contributed by atoms with Crippen molar-refractivity contribution in [2.24, 2.45) is 0 Å². The lowest BCUT2D eigenvalue weighted by Crippen LogP contribution is -2.36. The molecule has 0 bridgehead atoms. The normalized spacial score (nSPS) is 19.1. The first-order valence-corrected chi connectivity index (χ1v) is 5.49. The number of hydrogen-bond donors (Lipinski definition) is 1. The Balaban J connectivity index is 2.43. The number of para-hydroxylation sites is 1. The smallest absolute Gasteiger partial charge is 0.265 e. The second-order valence-electron chi connectivity index (χ2n) is 3.73. The van der Waals surface area contributed by atoms with Gasteiger partial charge < -0.3 is 10.1 Å². The third-order valence-electron chi connectivity index (χ3n) is 2.57. The molecule has 0 saturated carbocycles. The Kier molecular flexibility index (Phi) is 2.95. The van der Waals surface area contributed by atoms with Gasteiger partial charge in [0.05, 0.1) is 5.69 Å². The SMILES string of the molecule is C/C=C/c1cccc2c1OC(CC)C(=O)N2. The van der Waals surface area contributed by atoms with Gasteiger partial charge in [-0.2, -0.15) is 0 Å². The predicted octanol–water partition coefficient (Wildman–Crippen LogP) is 2.83. The third-order valence-corrected chi connectivity index (χ3v) is 2.57. The van der Waals surface area contributed by atoms with E-state index in [9.17, 15) is 4.79 Å². The fourth-order valence-corrected chi connectivity index (χ4v) is 1.77. The molecule has 0 radical (unpaired) electrons. The topological polar surface area (TPSA) is 38.3 Å². The fourth-order valence-electron chi connectivity index (χ4n) is 1.77. The Morgan fingerprint density at radius 2 is 2.31 bits per heavy atom. The Hall–Kier alpha value is -1.77. The number of carbonyl (C=O) groups excluding carboxylic acids is 1. The van der Waals surface area contributed by atoms with Crippen LogP contribution in [0, 0.1) is 0 Å². The summed E-state index contributed by atoms with van der Waals surface area (Å²) in [6.07, 6.45) is 4.23. The minimum atomic E-state index is -0.376. The molecule has 0 fully saturated rings. The minimum absolute atomic E-state index is 0.0624. The van der Waals surface area contributed by atoms with Crippen LogP contribution in [-0.2, 0) is 4.79 Å². The van der Waals surface area contributed by atoms with E-state index in [4.69, 9.17) is 4.74 Å². The first-order valence-electron chi connectivity index (χ1n) is 5.49. The van der Waals surface area contributed by atoms with Crippen molar-refractivity contribution in [1.29, 1.82) is 0 Å². The maximum Gasteiger partial charge on any atom is 0.265 e. The van der Waals surface area contributed by atoms with Crippen LogP contribution in [0.5, 0.6) is 5.75 Å². The molecular formula is C13H15NO2. The number of allylic oxidation sites excluding steroid dienone is 1. The Morgan fingerprint density at radius 1 is 1.50 bits per heavy atom. The number of hydrogen-bond acceptors (Lipinski definition) is 2. The zero-order valence-corrected chi connectivity index (χ0v) is 9.49. The van der Waals surface area contributed by atoms with Crippen molar-refractivity contribution in [3.05, 3.63) is 29.8 Å². The van der Waals surface area contributed by atoms with E-state index < -0.39 is 0 Å². The lowest BCUT2D eigenvalue weighted by atomic mass is 10.1. The minimum Gasteiger partial charge on any atom is -0.478 e. The molecule has 1 N–H and O–H groups in total. The highest BCUT2D eigenvalue weighted by Crippen LogP contribution is 2.34. The molecule has 2 rings (SSSR count). The number of fused-ring (bicyclic) bond motifs is 1. The summed E-state index contributed by atoms with van der Waals surface area (Å²) in [5.74, 6) is 0.708. The van der Waals surface area contributed by atoms with Crippen molar-refractivity contribution < 1.29 is 9.53 Å². The number of anilines is 1. The van der Waals surface area contributed by atoms with Crippen molar-refractivity contribution in [1.82, 2.24) is 0 Å². The molecule has 0 aromatic heterocycles. The van der Waals surface area contributed by atoms with E-state index in [0.717, 1.165) is 17.0 Å². The average molecular weight is 217 g/mol. The highest BCUT2D eigenvalue weighted by molar-refractivity contribution is 5.98. The van der Waals surface area contributed by atoms with Crippen LogP contribution in [0.15, 0.2) is 24.3 Å². The van der Waals surface area contributed by atoms with Gasteiger partial charge in [-0.3, -0.25) is 4.79 Å². The van der Waals surface area contributed by atoms with Crippen LogP contribution in [0.2, 0.25) is 0 Å². The van der Waals surface area contributed by atoms with Crippen LogP contribution in [0.25, 0.3) is 6.08 Å². The zero-order chi connectivity index (χ0) is 11.5. The average Bonchev–Trinajstić information content (AvgIpc) is 2.29. The molecule has 0 saturated heterocycles. The number of benzene rings is 1. The van der Waals surface area contributed by atoms with E-state index in [2.05, 4.69) is 5.32 Å². The van der Waals surface area contributed by atoms with Crippen molar-refractivity contribution in [3.63, 3.8) is 0 Å². The maximum atomic E-state index is 11.6. The molecule has 1 aliphatic rings. The molecule has 0 spiro atoms. The maximum absolute atomic E-state index is 11.6. The largest absolute Gasteiger partial charge is 0.478 e. The van der Waals surface area contributed by atoms with Gasteiger partial charge in [-0.1, -0.05) is 31.2 Å². The molecule has 1 atom stereocenters. The number of nitrogens with one attached hydrogen (secondary N) is 1. The van der Waals surface area contributed by atoms with Crippen LogP contribution in [0.1, 0.15) is 25.8 Å². The van der Waals surface area contributed by atoms with Gasteiger partial charge in [-0.15, -0.1) is 0 Å². The van der Waals surface area contributed by atoms with E-state index in [-0.39, 0.29) is 12.0 Å². The molecule has 1 aliphatic heterocycles. The van der Waals surface area contributed by atoms with E-state index >= 15 is 0 Å². The monoisotopic (exact) mass is 217 g/mol. The molecule has 1 aromatic carbocycles. The molecule has 1 aromatic rings. The van der Waals surface area contributed by atoms with E-state index in [1.54, 1.807) is 0 Å². The van der Waals surface area contributed by atoms with Gasteiger partial charge in [0.1, 0.15) is 0 Å². The molecule has 0 aliphatic carbocycles. The van der Waals surface area contributed by atoms with Gasteiger partial charge >= 0.3 is 0 Å². The molecule has 16 heavy (non-hydrogen) atoms. The molecular weight excluding hydrogens is 202 g/mol. The van der Waals surface area contributed by atoms with E-state index in [0.29, 0.717) is 6.42 Å². The van der Waals surface area contributed by atoms with Crippen molar-refractivity contribution in [3.8, 4) is 5.75 Å². The lowest BCUT2D eigenvalue weighted by Gasteiger charge is -2.26. The summed E-state index contributed by atoms with van der Waals surface area (Å²) < 4.78 is 5.71. The zero-order valence-electron chi connectivity index (χ0n) is 9.49. The molecule has 3 heteroatoms. The Labute approximate surface area is 95.1 Å². The highest BCUT2D eigenvalue weighted by Gasteiger charge is 2.26. The quantitative estimate of drug-likeness (QED) is 0.827. The molecule has 1 heterocycles. The lowest BCUT2D eigenvalue weighted by molar-refractivity contribution is -0.123. The molecule has 84 valence electrons. The van der Waals surface area contributed by atoms with Gasteiger partial charge in [0.2, 0.25) is 0 Å². The number of amides is 1. The summed E-state index contributed by atoms with van der Waals surface area (Å²) in [5.41, 5.74) is 1.75. The van der Waals surface area contributed by atoms with Crippen molar-refractivity contribution >= 4 is 17.7 Å². The summed E-state index contributed by atoms with van der Waals surface area (Å²) in [5, 5.41) is 2.86. The summed E-state index contributed by atoms with van der Waals surface area (Å²) >= 11 is 0. The molecule has 1 unspecified atom stereocenters. The number of rotatable bonds is 2. The van der Waals surface area contributed by atoms with Crippen LogP contribution >= 0.6 is 0 Å². The van der Waals surface area contributed by atoms with Crippen molar-refractivity contribution in [2.45, 2.75) is 26.4 Å². The number of carbonyl (C=O) groups is 1. The summed E-state index contributed by atoms with van der Waals surface area (Å²) in [4.78, 5) is 11.6. The molecule has 3 nitrogen and oxygen atoms in total. The molecule has 1 amide bonds. The summed E-state index contributed by atoms with van der Waals surface area (Å²) in [6.45, 7) is 3.89. The first kappa shape index (κ1) is 10.7. The van der Waals surface area contributed by atoms with Crippen molar-refractivity contribution in [2.75, 3.05) is 5.32 Å². The van der Waals surface area contributed by atoms with Gasteiger partial charge in [-0.25, -0.2) is 0 Å². The fraction of sp³-hybridized carbons (Fsp3) is 0.308. The van der Waals surface area contributed by atoms with Crippen LogP contribution < -0.4 is 10.1 Å². The third kappa shape index (κ3) is 1.81.